The molecule has 1 aromatic rings. The first-order valence-corrected chi connectivity index (χ1v) is 8.29. The highest BCUT2D eigenvalue weighted by Crippen LogP contribution is 2.25. The van der Waals surface area contributed by atoms with Crippen molar-refractivity contribution >= 4 is 15.7 Å². The third-order valence-corrected chi connectivity index (χ3v) is 5.93. The molecule has 1 saturated heterocycles. The van der Waals surface area contributed by atoms with E-state index in [4.69, 9.17) is 5.73 Å². The first-order chi connectivity index (χ1) is 9.32. The molecule has 1 heterocycles. The van der Waals surface area contributed by atoms with Gasteiger partial charge in [0.2, 0.25) is 10.0 Å². The Kier molecular flexibility index (Phi) is 4.36. The maximum absolute atomic E-state index is 12.8. The molecule has 2 rings (SSSR count). The van der Waals surface area contributed by atoms with Crippen molar-refractivity contribution in [2.24, 2.45) is 0 Å². The number of sulfonamides is 1. The number of benzene rings is 1. The minimum atomic E-state index is -3.42. The molecule has 1 aliphatic heterocycles. The predicted molar refractivity (Wildman–Crippen MR) is 81.1 cm³/mol. The summed E-state index contributed by atoms with van der Waals surface area (Å²) in [6.45, 7) is 2.94. The van der Waals surface area contributed by atoms with Gasteiger partial charge in [-0.1, -0.05) is 0 Å². The fourth-order valence-electron chi connectivity index (χ4n) is 2.66. The van der Waals surface area contributed by atoms with E-state index in [-0.39, 0.29) is 6.04 Å². The zero-order valence-electron chi connectivity index (χ0n) is 12.3. The summed E-state index contributed by atoms with van der Waals surface area (Å²) in [4.78, 5) is 2.46. The van der Waals surface area contributed by atoms with Gasteiger partial charge in [-0.15, -0.1) is 0 Å². The van der Waals surface area contributed by atoms with E-state index in [0.29, 0.717) is 29.2 Å². The number of hydrogen-bond donors (Lipinski definition) is 1. The molecule has 1 unspecified atom stereocenters. The van der Waals surface area contributed by atoms with Gasteiger partial charge in [0.1, 0.15) is 0 Å². The number of piperidine rings is 1. The summed E-state index contributed by atoms with van der Waals surface area (Å²) in [7, 11) is 0.566. The number of likely N-dealkylation sites (N-methyl/N-ethyl adjacent to an activating group) is 1. The summed E-state index contributed by atoms with van der Waals surface area (Å²) in [5.74, 6) is 0. The number of anilines is 1. The molecule has 0 radical (unpaired) electrons. The van der Waals surface area contributed by atoms with Gasteiger partial charge < -0.3 is 10.6 Å². The molecular weight excluding hydrogens is 274 g/mol. The Labute approximate surface area is 121 Å². The van der Waals surface area contributed by atoms with Crippen LogP contribution in [0.1, 0.15) is 18.4 Å². The second-order valence-electron chi connectivity index (χ2n) is 5.65. The number of nitrogen functional groups attached to an aromatic ring is 1. The smallest absolute Gasteiger partial charge is 0.243 e. The van der Waals surface area contributed by atoms with Gasteiger partial charge in [-0.05, 0) is 57.6 Å². The molecule has 0 bridgehead atoms. The van der Waals surface area contributed by atoms with Crippen LogP contribution >= 0.6 is 0 Å². The standard InChI is InChI=1S/C14H23N3O2S/c1-11-9-12(15)6-7-14(11)20(18,19)17-8-4-5-13(10-17)16(2)3/h6-7,9,13H,4-5,8,10,15H2,1-3H3. The number of nitrogens with zero attached hydrogens (tertiary/aromatic N) is 2. The van der Waals surface area contributed by atoms with Gasteiger partial charge in [0.15, 0.2) is 0 Å². The van der Waals surface area contributed by atoms with Gasteiger partial charge in [0.05, 0.1) is 4.90 Å². The Bertz CT molecular complexity index is 584. The largest absolute Gasteiger partial charge is 0.399 e. The average molecular weight is 297 g/mol. The Morgan fingerprint density at radius 2 is 2.05 bits per heavy atom. The summed E-state index contributed by atoms with van der Waals surface area (Å²) >= 11 is 0. The van der Waals surface area contributed by atoms with Gasteiger partial charge in [-0.3, -0.25) is 0 Å². The van der Waals surface area contributed by atoms with Crippen LogP contribution in [0.25, 0.3) is 0 Å². The molecule has 6 heteroatoms. The number of rotatable bonds is 3. The molecule has 2 N–H and O–H groups in total. The third kappa shape index (κ3) is 2.97. The molecule has 0 saturated carbocycles. The highest BCUT2D eigenvalue weighted by molar-refractivity contribution is 7.89. The van der Waals surface area contributed by atoms with Crippen LogP contribution in [0, 0.1) is 6.92 Å². The van der Waals surface area contributed by atoms with Crippen LogP contribution in [0.2, 0.25) is 0 Å². The first-order valence-electron chi connectivity index (χ1n) is 6.85. The van der Waals surface area contributed by atoms with Gasteiger partial charge in [0, 0.05) is 24.8 Å². The fourth-order valence-corrected chi connectivity index (χ4v) is 4.38. The summed E-state index contributed by atoms with van der Waals surface area (Å²) in [5.41, 5.74) is 6.99. The molecule has 1 aliphatic rings. The second-order valence-corrected chi connectivity index (χ2v) is 7.55. The van der Waals surface area contributed by atoms with Crippen molar-refractivity contribution in [2.45, 2.75) is 30.7 Å². The maximum Gasteiger partial charge on any atom is 0.243 e. The van der Waals surface area contributed by atoms with Crippen molar-refractivity contribution in [3.8, 4) is 0 Å². The average Bonchev–Trinajstić information content (AvgIpc) is 2.38. The molecule has 0 aliphatic carbocycles. The monoisotopic (exact) mass is 297 g/mol. The Hall–Kier alpha value is -1.11. The molecule has 1 fully saturated rings. The van der Waals surface area contributed by atoms with Crippen molar-refractivity contribution < 1.29 is 8.42 Å². The topological polar surface area (TPSA) is 66.6 Å². The van der Waals surface area contributed by atoms with E-state index in [1.807, 2.05) is 14.1 Å². The van der Waals surface area contributed by atoms with Crippen molar-refractivity contribution in [3.63, 3.8) is 0 Å². The Balaban J connectivity index is 2.30. The predicted octanol–water partition coefficient (Wildman–Crippen LogP) is 1.29. The normalized spacial score (nSPS) is 21.3. The van der Waals surface area contributed by atoms with E-state index in [9.17, 15) is 8.42 Å². The van der Waals surface area contributed by atoms with E-state index in [2.05, 4.69) is 4.90 Å². The number of aryl methyl sites for hydroxylation is 1. The second kappa shape index (κ2) is 5.71. The van der Waals surface area contributed by atoms with Crippen molar-refractivity contribution in [2.75, 3.05) is 32.9 Å². The molecule has 20 heavy (non-hydrogen) atoms. The van der Waals surface area contributed by atoms with Gasteiger partial charge in [-0.2, -0.15) is 4.31 Å². The lowest BCUT2D eigenvalue weighted by molar-refractivity contribution is 0.190. The lowest BCUT2D eigenvalue weighted by atomic mass is 10.1. The van der Waals surface area contributed by atoms with Crippen molar-refractivity contribution in [1.82, 2.24) is 9.21 Å². The van der Waals surface area contributed by atoms with E-state index < -0.39 is 10.0 Å². The summed E-state index contributed by atoms with van der Waals surface area (Å²) < 4.78 is 27.1. The lowest BCUT2D eigenvalue weighted by Gasteiger charge is -2.35. The summed E-state index contributed by atoms with van der Waals surface area (Å²) in [6, 6.07) is 5.25. The van der Waals surface area contributed by atoms with Crippen LogP contribution in [-0.2, 0) is 10.0 Å². The van der Waals surface area contributed by atoms with Crippen LogP contribution in [0.15, 0.2) is 23.1 Å². The van der Waals surface area contributed by atoms with Crippen LogP contribution in [0.3, 0.4) is 0 Å². The van der Waals surface area contributed by atoms with Gasteiger partial charge >= 0.3 is 0 Å². The fraction of sp³-hybridized carbons (Fsp3) is 0.571. The third-order valence-electron chi connectivity index (χ3n) is 3.91. The molecule has 1 atom stereocenters. The van der Waals surface area contributed by atoms with E-state index >= 15 is 0 Å². The summed E-state index contributed by atoms with van der Waals surface area (Å²) in [5, 5.41) is 0. The molecule has 112 valence electrons. The molecule has 0 aromatic heterocycles. The van der Waals surface area contributed by atoms with Crippen LogP contribution < -0.4 is 5.73 Å². The Morgan fingerprint density at radius 1 is 1.35 bits per heavy atom. The highest BCUT2D eigenvalue weighted by Gasteiger charge is 2.31. The highest BCUT2D eigenvalue weighted by atomic mass is 32.2. The van der Waals surface area contributed by atoms with Crippen LogP contribution in [0.4, 0.5) is 5.69 Å². The zero-order valence-corrected chi connectivity index (χ0v) is 13.2. The van der Waals surface area contributed by atoms with E-state index in [0.717, 1.165) is 12.8 Å². The van der Waals surface area contributed by atoms with Crippen molar-refractivity contribution in [1.29, 1.82) is 0 Å². The van der Waals surface area contributed by atoms with E-state index in [1.165, 1.54) is 0 Å². The molecule has 1 aromatic carbocycles. The van der Waals surface area contributed by atoms with Crippen molar-refractivity contribution in [3.05, 3.63) is 23.8 Å². The van der Waals surface area contributed by atoms with Gasteiger partial charge in [0.25, 0.3) is 0 Å². The Morgan fingerprint density at radius 3 is 2.65 bits per heavy atom. The first kappa shape index (κ1) is 15.3. The number of nitrogens with two attached hydrogens (primary N) is 1. The summed E-state index contributed by atoms with van der Waals surface area (Å²) in [6.07, 6.45) is 1.94. The van der Waals surface area contributed by atoms with Crippen LogP contribution in [-0.4, -0.2) is 50.8 Å². The molecule has 0 spiro atoms. The zero-order chi connectivity index (χ0) is 14.9. The maximum atomic E-state index is 12.8. The SMILES string of the molecule is Cc1cc(N)ccc1S(=O)(=O)N1CCCC(N(C)C)C1. The molecule has 0 amide bonds. The quantitative estimate of drug-likeness (QED) is 0.854. The minimum absolute atomic E-state index is 0.285. The van der Waals surface area contributed by atoms with Crippen LogP contribution in [0.5, 0.6) is 0 Å². The number of hydrogen-bond acceptors (Lipinski definition) is 4. The molecule has 5 nitrogen and oxygen atoms in total. The van der Waals surface area contributed by atoms with E-state index in [1.54, 1.807) is 29.4 Å². The molecular formula is C14H23N3O2S. The van der Waals surface area contributed by atoms with Gasteiger partial charge in [-0.25, -0.2) is 8.42 Å². The lowest BCUT2D eigenvalue weighted by Crippen LogP contribution is -2.47. The minimum Gasteiger partial charge on any atom is -0.399 e.